The summed E-state index contributed by atoms with van der Waals surface area (Å²) in [5.74, 6) is 0.417. The molecule has 3 heteroatoms. The van der Waals surface area contributed by atoms with Gasteiger partial charge >= 0.3 is 0 Å². The van der Waals surface area contributed by atoms with E-state index in [-0.39, 0.29) is 5.54 Å². The highest BCUT2D eigenvalue weighted by Crippen LogP contribution is 2.27. The van der Waals surface area contributed by atoms with Crippen LogP contribution in [0.25, 0.3) is 0 Å². The maximum atomic E-state index is 12.5. The molecule has 1 atom stereocenters. The van der Waals surface area contributed by atoms with E-state index in [0.29, 0.717) is 12.2 Å². The maximum Gasteiger partial charge on any atom is 0.153 e. The van der Waals surface area contributed by atoms with E-state index in [2.05, 4.69) is 36.3 Å². The Bertz CT molecular complexity index is 381. The molecule has 1 aliphatic heterocycles. The molecule has 0 saturated carbocycles. The van der Waals surface area contributed by atoms with Crippen LogP contribution in [0, 0.1) is 0 Å². The van der Waals surface area contributed by atoms with Crippen molar-refractivity contribution < 1.29 is 4.79 Å². The zero-order chi connectivity index (χ0) is 13.0. The van der Waals surface area contributed by atoms with Crippen molar-refractivity contribution in [1.82, 2.24) is 4.90 Å². The van der Waals surface area contributed by atoms with Crippen LogP contribution in [0.3, 0.4) is 0 Å². The molecule has 18 heavy (non-hydrogen) atoms. The van der Waals surface area contributed by atoms with E-state index >= 15 is 0 Å². The smallest absolute Gasteiger partial charge is 0.153 e. The number of thiophene rings is 1. The van der Waals surface area contributed by atoms with Gasteiger partial charge in [-0.3, -0.25) is 9.69 Å². The first-order valence-electron chi connectivity index (χ1n) is 6.97. The molecule has 1 aliphatic rings. The number of aryl methyl sites for hydroxylation is 1. The van der Waals surface area contributed by atoms with Crippen molar-refractivity contribution in [3.8, 4) is 0 Å². The van der Waals surface area contributed by atoms with E-state index < -0.39 is 0 Å². The number of carbonyl (C=O) groups is 1. The molecular weight excluding hydrogens is 242 g/mol. The van der Waals surface area contributed by atoms with Gasteiger partial charge in [0.2, 0.25) is 0 Å². The largest absolute Gasteiger partial charge is 0.298 e. The van der Waals surface area contributed by atoms with E-state index in [1.807, 2.05) is 0 Å². The van der Waals surface area contributed by atoms with Gasteiger partial charge in [-0.2, -0.15) is 0 Å². The molecule has 2 rings (SSSR count). The molecular formula is C15H23NOS. The summed E-state index contributed by atoms with van der Waals surface area (Å²) in [4.78, 5) is 16.3. The molecule has 2 heterocycles. The van der Waals surface area contributed by atoms with Crippen LogP contribution in [0.15, 0.2) is 17.5 Å². The lowest BCUT2D eigenvalue weighted by Gasteiger charge is -2.36. The Balaban J connectivity index is 1.96. The summed E-state index contributed by atoms with van der Waals surface area (Å²) in [5, 5.41) is 2.08. The highest BCUT2D eigenvalue weighted by atomic mass is 32.1. The van der Waals surface area contributed by atoms with Gasteiger partial charge in [-0.15, -0.1) is 11.3 Å². The molecule has 1 saturated heterocycles. The van der Waals surface area contributed by atoms with E-state index in [9.17, 15) is 4.79 Å². The summed E-state index contributed by atoms with van der Waals surface area (Å²) in [6, 6.07) is 4.18. The molecule has 0 N–H and O–H groups in total. The van der Waals surface area contributed by atoms with Crippen molar-refractivity contribution in [2.24, 2.45) is 0 Å². The molecule has 1 unspecified atom stereocenters. The first-order valence-corrected chi connectivity index (χ1v) is 7.85. The molecule has 0 bridgehead atoms. The summed E-state index contributed by atoms with van der Waals surface area (Å²) in [6.07, 6.45) is 5.00. The average Bonchev–Trinajstić information content (AvgIpc) is 3.07. The van der Waals surface area contributed by atoms with E-state index in [4.69, 9.17) is 0 Å². The number of carbonyl (C=O) groups excluding carboxylic acids is 1. The van der Waals surface area contributed by atoms with Crippen molar-refractivity contribution >= 4 is 17.1 Å². The van der Waals surface area contributed by atoms with E-state index in [1.165, 1.54) is 17.7 Å². The van der Waals surface area contributed by atoms with Gasteiger partial charge in [0.15, 0.2) is 5.78 Å². The fourth-order valence-electron chi connectivity index (χ4n) is 2.77. The van der Waals surface area contributed by atoms with Crippen LogP contribution in [-0.4, -0.2) is 29.3 Å². The van der Waals surface area contributed by atoms with Gasteiger partial charge in [0.05, 0.1) is 5.54 Å². The minimum absolute atomic E-state index is 0.228. The molecule has 0 radical (unpaired) electrons. The first kappa shape index (κ1) is 13.8. The highest BCUT2D eigenvalue weighted by Gasteiger charge is 2.37. The lowest BCUT2D eigenvalue weighted by molar-refractivity contribution is -0.130. The Labute approximate surface area is 114 Å². The lowest BCUT2D eigenvalue weighted by Crippen LogP contribution is -2.50. The van der Waals surface area contributed by atoms with Gasteiger partial charge in [-0.05, 0) is 57.1 Å². The molecule has 0 spiro atoms. The minimum atomic E-state index is -0.228. The monoisotopic (exact) mass is 265 g/mol. The Kier molecular flexibility index (Phi) is 4.57. The third-order valence-corrected chi connectivity index (χ3v) is 5.21. The van der Waals surface area contributed by atoms with Gasteiger partial charge in [-0.25, -0.2) is 0 Å². The van der Waals surface area contributed by atoms with Crippen LogP contribution in [-0.2, 0) is 11.2 Å². The van der Waals surface area contributed by atoms with Gasteiger partial charge in [-0.1, -0.05) is 13.0 Å². The molecule has 2 nitrogen and oxygen atoms in total. The number of ketones is 1. The quantitative estimate of drug-likeness (QED) is 0.784. The van der Waals surface area contributed by atoms with Crippen LogP contribution in [0.2, 0.25) is 0 Å². The fraction of sp³-hybridized carbons (Fsp3) is 0.667. The van der Waals surface area contributed by atoms with Gasteiger partial charge in [0.25, 0.3) is 0 Å². The summed E-state index contributed by atoms with van der Waals surface area (Å²) >= 11 is 1.75. The highest BCUT2D eigenvalue weighted by molar-refractivity contribution is 7.09. The van der Waals surface area contributed by atoms with Gasteiger partial charge in [0.1, 0.15) is 0 Å². The summed E-state index contributed by atoms with van der Waals surface area (Å²) in [5.41, 5.74) is -0.228. The molecule has 0 aliphatic carbocycles. The average molecular weight is 265 g/mol. The Morgan fingerprint density at radius 1 is 1.44 bits per heavy atom. The standard InChI is InChI=1S/C15H23NOS/c1-3-15(2,16-10-4-5-11-16)14(17)9-8-13-7-6-12-18-13/h6-7,12H,3-5,8-11H2,1-2H3. The predicted octanol–water partition coefficient (Wildman–Crippen LogP) is 3.51. The fourth-order valence-corrected chi connectivity index (χ4v) is 3.48. The van der Waals surface area contributed by atoms with Crippen LogP contribution >= 0.6 is 11.3 Å². The van der Waals surface area contributed by atoms with Crippen molar-refractivity contribution in [3.63, 3.8) is 0 Å². The van der Waals surface area contributed by atoms with Crippen LogP contribution in [0.5, 0.6) is 0 Å². The van der Waals surface area contributed by atoms with E-state index in [1.54, 1.807) is 11.3 Å². The number of likely N-dealkylation sites (tertiary alicyclic amines) is 1. The second-order valence-corrected chi connectivity index (χ2v) is 6.36. The van der Waals surface area contributed by atoms with Crippen molar-refractivity contribution in [2.75, 3.05) is 13.1 Å². The van der Waals surface area contributed by atoms with Crippen LogP contribution in [0.4, 0.5) is 0 Å². The molecule has 1 fully saturated rings. The number of Topliss-reactive ketones (excluding diaryl/α,β-unsaturated/α-hetero) is 1. The second-order valence-electron chi connectivity index (χ2n) is 5.32. The molecule has 1 aromatic heterocycles. The van der Waals surface area contributed by atoms with E-state index in [0.717, 1.165) is 25.9 Å². The molecule has 0 aromatic carbocycles. The molecule has 1 aromatic rings. The number of hydrogen-bond acceptors (Lipinski definition) is 3. The maximum absolute atomic E-state index is 12.5. The third kappa shape index (κ3) is 2.83. The van der Waals surface area contributed by atoms with Crippen molar-refractivity contribution in [1.29, 1.82) is 0 Å². The second kappa shape index (κ2) is 5.98. The minimum Gasteiger partial charge on any atom is -0.298 e. The number of rotatable bonds is 6. The third-order valence-electron chi connectivity index (χ3n) is 4.27. The summed E-state index contributed by atoms with van der Waals surface area (Å²) < 4.78 is 0. The van der Waals surface area contributed by atoms with Crippen LogP contribution < -0.4 is 0 Å². The normalized spacial score (nSPS) is 19.9. The lowest BCUT2D eigenvalue weighted by atomic mass is 9.88. The van der Waals surface area contributed by atoms with Gasteiger partial charge in [0, 0.05) is 11.3 Å². The zero-order valence-corrected chi connectivity index (χ0v) is 12.3. The summed E-state index contributed by atoms with van der Waals surface area (Å²) in [6.45, 7) is 6.46. The van der Waals surface area contributed by atoms with Crippen LogP contribution in [0.1, 0.15) is 44.4 Å². The molecule has 100 valence electrons. The van der Waals surface area contributed by atoms with Crippen molar-refractivity contribution in [3.05, 3.63) is 22.4 Å². The predicted molar refractivity (Wildman–Crippen MR) is 77.2 cm³/mol. The summed E-state index contributed by atoms with van der Waals surface area (Å²) in [7, 11) is 0. The first-order chi connectivity index (χ1) is 8.66. The Hall–Kier alpha value is -0.670. The Morgan fingerprint density at radius 3 is 2.72 bits per heavy atom. The zero-order valence-electron chi connectivity index (χ0n) is 11.4. The number of nitrogens with zero attached hydrogens (tertiary/aromatic N) is 1. The van der Waals surface area contributed by atoms with Crippen molar-refractivity contribution in [2.45, 2.75) is 51.5 Å². The Morgan fingerprint density at radius 2 is 2.17 bits per heavy atom. The van der Waals surface area contributed by atoms with Gasteiger partial charge < -0.3 is 0 Å². The topological polar surface area (TPSA) is 20.3 Å². The number of hydrogen-bond donors (Lipinski definition) is 0. The molecule has 0 amide bonds. The SMILES string of the molecule is CCC(C)(C(=O)CCc1cccs1)N1CCCC1.